The highest BCUT2D eigenvalue weighted by Crippen LogP contribution is 2.30. The molecule has 0 radical (unpaired) electrons. The largest absolute Gasteiger partial charge is 0.372 e. The number of pyridine rings is 1. The lowest BCUT2D eigenvalue weighted by Crippen LogP contribution is -2.41. The van der Waals surface area contributed by atoms with Crippen LogP contribution in [-0.4, -0.2) is 54.3 Å². The van der Waals surface area contributed by atoms with Gasteiger partial charge in [0.25, 0.3) is 0 Å². The number of H-pyrrole nitrogens is 1. The molecule has 4 aromatic rings. The van der Waals surface area contributed by atoms with Gasteiger partial charge in [-0.3, -0.25) is 15.0 Å². The SMILES string of the molecule is Cc1cc(Nc2nc(NC3CCN(C(O)c4ccccn4)CC3)nc3ccsc23)n[nH]1. The molecule has 160 valence electrons. The maximum absolute atomic E-state index is 10.6. The zero-order chi connectivity index (χ0) is 21.2. The number of thiophene rings is 1. The van der Waals surface area contributed by atoms with E-state index in [0.717, 1.165) is 53.5 Å². The van der Waals surface area contributed by atoms with Gasteiger partial charge in [-0.25, -0.2) is 4.98 Å². The summed E-state index contributed by atoms with van der Waals surface area (Å²) in [5.74, 6) is 2.08. The Morgan fingerprint density at radius 1 is 1.23 bits per heavy atom. The summed E-state index contributed by atoms with van der Waals surface area (Å²) in [6.07, 6.45) is 2.81. The van der Waals surface area contributed by atoms with Crippen LogP contribution >= 0.6 is 11.3 Å². The monoisotopic (exact) mass is 436 g/mol. The summed E-state index contributed by atoms with van der Waals surface area (Å²) >= 11 is 1.60. The van der Waals surface area contributed by atoms with E-state index in [1.54, 1.807) is 17.5 Å². The normalized spacial score (nSPS) is 16.5. The molecule has 1 atom stereocenters. The van der Waals surface area contributed by atoms with Crippen LogP contribution in [0.2, 0.25) is 0 Å². The summed E-state index contributed by atoms with van der Waals surface area (Å²) in [5, 5.41) is 26.6. The second-order valence-corrected chi connectivity index (χ2v) is 8.59. The molecule has 5 rings (SSSR count). The van der Waals surface area contributed by atoms with Gasteiger partial charge in [0.1, 0.15) is 0 Å². The van der Waals surface area contributed by atoms with Gasteiger partial charge in [0.05, 0.1) is 15.9 Å². The van der Waals surface area contributed by atoms with Crippen LogP contribution in [0.3, 0.4) is 0 Å². The summed E-state index contributed by atoms with van der Waals surface area (Å²) < 4.78 is 1.000. The van der Waals surface area contributed by atoms with Crippen LogP contribution in [-0.2, 0) is 0 Å². The zero-order valence-electron chi connectivity index (χ0n) is 17.1. The van der Waals surface area contributed by atoms with Crippen LogP contribution in [0.15, 0.2) is 41.9 Å². The van der Waals surface area contributed by atoms with Crippen LogP contribution in [0.5, 0.6) is 0 Å². The van der Waals surface area contributed by atoms with Crippen molar-refractivity contribution in [3.8, 4) is 0 Å². The maximum atomic E-state index is 10.6. The first-order valence-electron chi connectivity index (χ1n) is 10.3. The highest BCUT2D eigenvalue weighted by Gasteiger charge is 2.26. The van der Waals surface area contributed by atoms with Crippen molar-refractivity contribution in [1.29, 1.82) is 0 Å². The third-order valence-corrected chi connectivity index (χ3v) is 6.33. The molecule has 1 unspecified atom stereocenters. The highest BCUT2D eigenvalue weighted by molar-refractivity contribution is 7.17. The molecule has 1 aliphatic rings. The topological polar surface area (TPSA) is 115 Å². The molecule has 0 amide bonds. The first-order valence-corrected chi connectivity index (χ1v) is 11.2. The van der Waals surface area contributed by atoms with Crippen molar-refractivity contribution in [2.75, 3.05) is 23.7 Å². The standard InChI is InChI=1S/C21H24N8OS/c1-13-12-17(28-27-13)25-19-18-15(7-11-31-18)24-21(26-19)23-14-5-9-29(10-6-14)20(30)16-4-2-3-8-22-16/h2-4,7-8,11-12,14,20,30H,5-6,9-10H2,1H3,(H3,23,24,25,26,27,28). The molecule has 1 fully saturated rings. The minimum atomic E-state index is -0.673. The first-order chi connectivity index (χ1) is 15.2. The van der Waals surface area contributed by atoms with Crippen molar-refractivity contribution in [1.82, 2.24) is 30.0 Å². The van der Waals surface area contributed by atoms with E-state index < -0.39 is 6.23 Å². The Balaban J connectivity index is 1.27. The number of anilines is 3. The molecule has 4 N–H and O–H groups in total. The minimum Gasteiger partial charge on any atom is -0.372 e. The number of hydrogen-bond acceptors (Lipinski definition) is 9. The van der Waals surface area contributed by atoms with Gasteiger partial charge in [0.2, 0.25) is 5.95 Å². The summed E-state index contributed by atoms with van der Waals surface area (Å²) in [6.45, 7) is 3.50. The van der Waals surface area contributed by atoms with E-state index >= 15 is 0 Å². The fourth-order valence-corrected chi connectivity index (χ4v) is 4.58. The molecule has 31 heavy (non-hydrogen) atoms. The van der Waals surface area contributed by atoms with Gasteiger partial charge in [0.15, 0.2) is 17.9 Å². The molecular formula is C21H24N8OS. The number of rotatable bonds is 6. The molecule has 0 bridgehead atoms. The molecule has 1 aliphatic heterocycles. The quantitative estimate of drug-likeness (QED) is 0.363. The van der Waals surface area contributed by atoms with E-state index in [0.29, 0.717) is 11.6 Å². The number of nitrogens with one attached hydrogen (secondary N) is 3. The van der Waals surface area contributed by atoms with Gasteiger partial charge in [-0.1, -0.05) is 6.07 Å². The van der Waals surface area contributed by atoms with Crippen molar-refractivity contribution >= 4 is 39.1 Å². The van der Waals surface area contributed by atoms with E-state index in [2.05, 4.69) is 35.7 Å². The second-order valence-electron chi connectivity index (χ2n) is 7.67. The van der Waals surface area contributed by atoms with Crippen molar-refractivity contribution < 1.29 is 5.11 Å². The average Bonchev–Trinajstić information content (AvgIpc) is 3.43. The molecule has 4 aromatic heterocycles. The smallest absolute Gasteiger partial charge is 0.225 e. The minimum absolute atomic E-state index is 0.240. The van der Waals surface area contributed by atoms with Crippen molar-refractivity contribution in [2.24, 2.45) is 0 Å². The van der Waals surface area contributed by atoms with E-state index in [1.165, 1.54) is 0 Å². The lowest BCUT2D eigenvalue weighted by Gasteiger charge is -2.35. The van der Waals surface area contributed by atoms with Crippen LogP contribution in [0.4, 0.5) is 17.6 Å². The molecule has 9 nitrogen and oxygen atoms in total. The Morgan fingerprint density at radius 2 is 2.10 bits per heavy atom. The van der Waals surface area contributed by atoms with Gasteiger partial charge in [-0.05, 0) is 43.3 Å². The molecule has 5 heterocycles. The first kappa shape index (κ1) is 19.9. The van der Waals surface area contributed by atoms with Gasteiger partial charge >= 0.3 is 0 Å². The van der Waals surface area contributed by atoms with Crippen LogP contribution < -0.4 is 10.6 Å². The van der Waals surface area contributed by atoms with Crippen LogP contribution in [0.1, 0.15) is 30.5 Å². The lowest BCUT2D eigenvalue weighted by molar-refractivity contribution is -0.0146. The second kappa shape index (κ2) is 8.58. The van der Waals surface area contributed by atoms with Crippen molar-refractivity contribution in [2.45, 2.75) is 32.0 Å². The number of aromatic nitrogens is 5. The fraction of sp³-hybridized carbons (Fsp3) is 0.333. The van der Waals surface area contributed by atoms with E-state index in [-0.39, 0.29) is 6.04 Å². The van der Waals surface area contributed by atoms with Gasteiger partial charge < -0.3 is 15.7 Å². The van der Waals surface area contributed by atoms with Crippen molar-refractivity contribution in [3.05, 3.63) is 53.3 Å². The van der Waals surface area contributed by atoms with Crippen LogP contribution in [0, 0.1) is 6.92 Å². The number of hydrogen-bond donors (Lipinski definition) is 4. The summed E-state index contributed by atoms with van der Waals surface area (Å²) in [7, 11) is 0. The molecule has 10 heteroatoms. The number of fused-ring (bicyclic) bond motifs is 1. The molecular weight excluding hydrogens is 412 g/mol. The molecule has 0 aliphatic carbocycles. The number of aromatic amines is 1. The predicted octanol–water partition coefficient (Wildman–Crippen LogP) is 3.43. The average molecular weight is 437 g/mol. The molecule has 0 spiro atoms. The lowest BCUT2D eigenvalue weighted by atomic mass is 10.0. The van der Waals surface area contributed by atoms with E-state index in [4.69, 9.17) is 4.98 Å². The van der Waals surface area contributed by atoms with Gasteiger partial charge in [-0.15, -0.1) is 11.3 Å². The van der Waals surface area contributed by atoms with Gasteiger partial charge in [-0.2, -0.15) is 10.1 Å². The maximum Gasteiger partial charge on any atom is 0.225 e. The third-order valence-electron chi connectivity index (χ3n) is 5.42. The van der Waals surface area contributed by atoms with Crippen molar-refractivity contribution in [3.63, 3.8) is 0 Å². The molecule has 0 aromatic carbocycles. The summed E-state index contributed by atoms with van der Waals surface area (Å²) in [5.41, 5.74) is 2.57. The Bertz CT molecular complexity index is 1150. The fourth-order valence-electron chi connectivity index (χ4n) is 3.80. The zero-order valence-corrected chi connectivity index (χ0v) is 17.9. The Kier molecular flexibility index (Phi) is 5.49. The Morgan fingerprint density at radius 3 is 2.84 bits per heavy atom. The Hall–Kier alpha value is -3.08. The third kappa shape index (κ3) is 4.36. The van der Waals surface area contributed by atoms with Gasteiger partial charge in [0, 0.05) is 37.1 Å². The number of aliphatic hydroxyl groups is 1. The highest BCUT2D eigenvalue weighted by atomic mass is 32.1. The number of likely N-dealkylation sites (tertiary alicyclic amines) is 1. The Labute approximate surface area is 183 Å². The van der Waals surface area contributed by atoms with E-state index in [9.17, 15) is 5.11 Å². The number of piperidine rings is 1. The number of aliphatic hydroxyl groups excluding tert-OH is 1. The molecule has 1 saturated heterocycles. The van der Waals surface area contributed by atoms with Crippen LogP contribution in [0.25, 0.3) is 10.2 Å². The number of nitrogens with zero attached hydrogens (tertiary/aromatic N) is 5. The summed E-state index contributed by atoms with van der Waals surface area (Å²) in [6, 6.07) is 9.79. The molecule has 0 saturated carbocycles. The van der Waals surface area contributed by atoms with E-state index in [1.807, 2.05) is 42.6 Å². The summed E-state index contributed by atoms with van der Waals surface area (Å²) in [4.78, 5) is 15.7. The number of aryl methyl sites for hydroxylation is 1. The predicted molar refractivity (Wildman–Crippen MR) is 121 cm³/mol.